The molecule has 0 spiro atoms. The van der Waals surface area contributed by atoms with E-state index in [1.54, 1.807) is 17.9 Å². The molecule has 0 bridgehead atoms. The molecule has 2 N–H and O–H groups in total. The van der Waals surface area contributed by atoms with E-state index < -0.39 is 5.54 Å². The summed E-state index contributed by atoms with van der Waals surface area (Å²) in [4.78, 5) is 25.7. The molecule has 0 saturated heterocycles. The summed E-state index contributed by atoms with van der Waals surface area (Å²) in [5.41, 5.74) is 2.12. The van der Waals surface area contributed by atoms with Gasteiger partial charge in [0.15, 0.2) is 0 Å². The minimum Gasteiger partial charge on any atom is -0.396 e. The summed E-state index contributed by atoms with van der Waals surface area (Å²) >= 11 is 0. The molecule has 1 aliphatic rings. The van der Waals surface area contributed by atoms with Crippen molar-refractivity contribution in [3.8, 4) is 0 Å². The van der Waals surface area contributed by atoms with Crippen LogP contribution in [0.15, 0.2) is 18.2 Å². The molecule has 5 heteroatoms. The SMILES string of the molecule is CCC(C)(CCO)NC(=O)c1ccc2c(c1)CCN2C(C)=O. The highest BCUT2D eigenvalue weighted by atomic mass is 16.3. The van der Waals surface area contributed by atoms with Gasteiger partial charge in [-0.15, -0.1) is 0 Å². The van der Waals surface area contributed by atoms with E-state index in [-0.39, 0.29) is 18.4 Å². The van der Waals surface area contributed by atoms with Crippen molar-refractivity contribution in [1.82, 2.24) is 5.32 Å². The van der Waals surface area contributed by atoms with Crippen LogP contribution in [0.1, 0.15) is 49.5 Å². The van der Waals surface area contributed by atoms with Gasteiger partial charge in [-0.3, -0.25) is 9.59 Å². The maximum Gasteiger partial charge on any atom is 0.251 e. The first-order valence-corrected chi connectivity index (χ1v) is 7.74. The van der Waals surface area contributed by atoms with Crippen molar-refractivity contribution < 1.29 is 14.7 Å². The van der Waals surface area contributed by atoms with E-state index in [0.29, 0.717) is 18.5 Å². The summed E-state index contributed by atoms with van der Waals surface area (Å²) in [7, 11) is 0. The highest BCUT2D eigenvalue weighted by Crippen LogP contribution is 2.29. The average Bonchev–Trinajstić information content (AvgIpc) is 2.90. The third-order valence-electron chi connectivity index (χ3n) is 4.48. The molecular formula is C17H24N2O3. The second-order valence-corrected chi connectivity index (χ2v) is 6.11. The molecule has 5 nitrogen and oxygen atoms in total. The van der Waals surface area contributed by atoms with Gasteiger partial charge in [0.1, 0.15) is 0 Å². The van der Waals surface area contributed by atoms with Crippen molar-refractivity contribution in [3.05, 3.63) is 29.3 Å². The number of carbonyl (C=O) groups excluding carboxylic acids is 2. The average molecular weight is 304 g/mol. The zero-order valence-corrected chi connectivity index (χ0v) is 13.5. The number of aliphatic hydroxyl groups excluding tert-OH is 1. The van der Waals surface area contributed by atoms with Crippen LogP contribution in [0.5, 0.6) is 0 Å². The predicted octanol–water partition coefficient (Wildman–Crippen LogP) is 1.88. The molecule has 0 aliphatic carbocycles. The molecule has 2 rings (SSSR count). The molecule has 1 aromatic rings. The van der Waals surface area contributed by atoms with Crippen LogP contribution in [0.2, 0.25) is 0 Å². The van der Waals surface area contributed by atoms with Gasteiger partial charge in [0.2, 0.25) is 5.91 Å². The van der Waals surface area contributed by atoms with E-state index >= 15 is 0 Å². The maximum atomic E-state index is 12.4. The molecule has 0 radical (unpaired) electrons. The normalized spacial score (nSPS) is 16.1. The summed E-state index contributed by atoms with van der Waals surface area (Å²) in [6.07, 6.45) is 2.05. The van der Waals surface area contributed by atoms with Crippen LogP contribution in [0.4, 0.5) is 5.69 Å². The van der Waals surface area contributed by atoms with E-state index in [9.17, 15) is 9.59 Å². The Kier molecular flexibility index (Phi) is 4.86. The second-order valence-electron chi connectivity index (χ2n) is 6.11. The summed E-state index contributed by atoms with van der Waals surface area (Å²) in [6.45, 7) is 6.20. The van der Waals surface area contributed by atoms with E-state index in [0.717, 1.165) is 24.1 Å². The smallest absolute Gasteiger partial charge is 0.251 e. The molecule has 1 unspecified atom stereocenters. The first kappa shape index (κ1) is 16.5. The zero-order chi connectivity index (χ0) is 16.3. The van der Waals surface area contributed by atoms with Crippen LogP contribution < -0.4 is 10.2 Å². The molecule has 1 aromatic carbocycles. The van der Waals surface area contributed by atoms with Gasteiger partial charge in [-0.05, 0) is 49.9 Å². The Morgan fingerprint density at radius 2 is 2.14 bits per heavy atom. The third kappa shape index (κ3) is 3.30. The minimum atomic E-state index is -0.406. The summed E-state index contributed by atoms with van der Waals surface area (Å²) in [6, 6.07) is 5.46. The molecule has 0 saturated carbocycles. The zero-order valence-electron chi connectivity index (χ0n) is 13.5. The number of nitrogens with one attached hydrogen (secondary N) is 1. The highest BCUT2D eigenvalue weighted by molar-refractivity contribution is 5.98. The van der Waals surface area contributed by atoms with Crippen molar-refractivity contribution >= 4 is 17.5 Å². The Labute approximate surface area is 131 Å². The topological polar surface area (TPSA) is 69.6 Å². The molecule has 0 fully saturated rings. The fourth-order valence-electron chi connectivity index (χ4n) is 2.79. The number of rotatable bonds is 5. The quantitative estimate of drug-likeness (QED) is 0.872. The summed E-state index contributed by atoms with van der Waals surface area (Å²) in [5.74, 6) is -0.112. The lowest BCUT2D eigenvalue weighted by Gasteiger charge is -2.29. The van der Waals surface area contributed by atoms with E-state index in [1.165, 1.54) is 0 Å². The largest absolute Gasteiger partial charge is 0.396 e. The minimum absolute atomic E-state index is 0.0254. The number of anilines is 1. The van der Waals surface area contributed by atoms with Crippen LogP contribution in [-0.4, -0.2) is 35.6 Å². The first-order valence-electron chi connectivity index (χ1n) is 7.74. The Morgan fingerprint density at radius 1 is 1.41 bits per heavy atom. The fourth-order valence-corrected chi connectivity index (χ4v) is 2.79. The standard InChI is InChI=1S/C17H24N2O3/c1-4-17(3,8-10-20)18-16(22)14-5-6-15-13(11-14)7-9-19(15)12(2)21/h5-6,11,20H,4,7-10H2,1-3H3,(H,18,22). The number of fused-ring (bicyclic) bond motifs is 1. The van der Waals surface area contributed by atoms with Gasteiger partial charge >= 0.3 is 0 Å². The third-order valence-corrected chi connectivity index (χ3v) is 4.48. The molecule has 1 atom stereocenters. The molecular weight excluding hydrogens is 280 g/mol. The van der Waals surface area contributed by atoms with Gasteiger partial charge < -0.3 is 15.3 Å². The van der Waals surface area contributed by atoms with Gasteiger partial charge in [-0.1, -0.05) is 6.92 Å². The van der Waals surface area contributed by atoms with Crippen molar-refractivity contribution in [2.75, 3.05) is 18.1 Å². The van der Waals surface area contributed by atoms with Crippen LogP contribution in [-0.2, 0) is 11.2 Å². The van der Waals surface area contributed by atoms with Crippen LogP contribution in [0.3, 0.4) is 0 Å². The second kappa shape index (κ2) is 6.48. The molecule has 120 valence electrons. The number of hydrogen-bond donors (Lipinski definition) is 2. The molecule has 22 heavy (non-hydrogen) atoms. The molecule has 1 aliphatic heterocycles. The van der Waals surface area contributed by atoms with Gasteiger partial charge in [-0.25, -0.2) is 0 Å². The van der Waals surface area contributed by atoms with Gasteiger partial charge in [0, 0.05) is 36.9 Å². The Bertz CT molecular complexity index is 585. The van der Waals surface area contributed by atoms with Crippen molar-refractivity contribution in [2.45, 2.75) is 45.6 Å². The van der Waals surface area contributed by atoms with Crippen LogP contribution >= 0.6 is 0 Å². The predicted molar refractivity (Wildman–Crippen MR) is 86.0 cm³/mol. The van der Waals surface area contributed by atoms with Crippen molar-refractivity contribution in [1.29, 1.82) is 0 Å². The lowest BCUT2D eigenvalue weighted by molar-refractivity contribution is -0.116. The Balaban J connectivity index is 2.17. The number of nitrogens with zero attached hydrogens (tertiary/aromatic N) is 1. The maximum absolute atomic E-state index is 12.4. The highest BCUT2D eigenvalue weighted by Gasteiger charge is 2.26. The van der Waals surface area contributed by atoms with Gasteiger partial charge in [0.05, 0.1) is 0 Å². The lowest BCUT2D eigenvalue weighted by Crippen LogP contribution is -2.46. The van der Waals surface area contributed by atoms with Crippen molar-refractivity contribution in [3.63, 3.8) is 0 Å². The van der Waals surface area contributed by atoms with E-state index in [2.05, 4.69) is 5.32 Å². The number of hydrogen-bond acceptors (Lipinski definition) is 3. The van der Waals surface area contributed by atoms with Gasteiger partial charge in [0.25, 0.3) is 5.91 Å². The summed E-state index contributed by atoms with van der Waals surface area (Å²) < 4.78 is 0. The first-order chi connectivity index (χ1) is 10.4. The number of amides is 2. The fraction of sp³-hybridized carbons (Fsp3) is 0.529. The lowest BCUT2D eigenvalue weighted by atomic mass is 9.94. The number of aliphatic hydroxyl groups is 1. The number of benzene rings is 1. The van der Waals surface area contributed by atoms with E-state index in [4.69, 9.17) is 5.11 Å². The van der Waals surface area contributed by atoms with E-state index in [1.807, 2.05) is 26.0 Å². The molecule has 0 aromatic heterocycles. The Morgan fingerprint density at radius 3 is 2.73 bits per heavy atom. The van der Waals surface area contributed by atoms with Crippen LogP contribution in [0, 0.1) is 0 Å². The summed E-state index contributed by atoms with van der Waals surface area (Å²) in [5, 5.41) is 12.1. The van der Waals surface area contributed by atoms with Gasteiger partial charge in [-0.2, -0.15) is 0 Å². The number of carbonyl (C=O) groups is 2. The molecule has 2 amide bonds. The monoisotopic (exact) mass is 304 g/mol. The van der Waals surface area contributed by atoms with Crippen LogP contribution in [0.25, 0.3) is 0 Å². The van der Waals surface area contributed by atoms with Crippen molar-refractivity contribution in [2.24, 2.45) is 0 Å². The Hall–Kier alpha value is -1.88. The molecule has 1 heterocycles.